The lowest BCUT2D eigenvalue weighted by Crippen LogP contribution is -2.48. The molecular weight excluding hydrogens is 396 g/mol. The van der Waals surface area contributed by atoms with Crippen LogP contribution in [0.1, 0.15) is 18.5 Å². The summed E-state index contributed by atoms with van der Waals surface area (Å²) >= 11 is 11.8. The molecule has 1 unspecified atom stereocenters. The molecule has 0 saturated heterocycles. The van der Waals surface area contributed by atoms with Crippen molar-refractivity contribution in [1.29, 1.82) is 0 Å². The van der Waals surface area contributed by atoms with Gasteiger partial charge in [0.05, 0.1) is 18.2 Å². The molecule has 1 atom stereocenters. The molecule has 1 N–H and O–H groups in total. The van der Waals surface area contributed by atoms with Crippen LogP contribution in [0.25, 0.3) is 0 Å². The van der Waals surface area contributed by atoms with E-state index in [0.29, 0.717) is 28.0 Å². The minimum atomic E-state index is -0.457. The van der Waals surface area contributed by atoms with Crippen LogP contribution in [0.5, 0.6) is 0 Å². The Bertz CT molecular complexity index is 902. The van der Waals surface area contributed by atoms with Gasteiger partial charge in [-0.3, -0.25) is 4.90 Å². The minimum absolute atomic E-state index is 0.171. The van der Waals surface area contributed by atoms with Gasteiger partial charge in [0.25, 0.3) is 0 Å². The highest BCUT2D eigenvalue weighted by Crippen LogP contribution is 2.34. The van der Waals surface area contributed by atoms with Crippen LogP contribution in [-0.4, -0.2) is 31.4 Å². The SMILES string of the molecule is COCCOC(=O)C1=C(C)N(c2ccccc2)C(=S)NC1c1cccc(Cl)c1. The van der Waals surface area contributed by atoms with Crippen molar-refractivity contribution >= 4 is 40.6 Å². The first-order valence-corrected chi connectivity index (χ1v) is 9.59. The molecular formula is C21H21ClN2O3S. The molecule has 0 fully saturated rings. The van der Waals surface area contributed by atoms with Crippen LogP contribution in [0.3, 0.4) is 0 Å². The number of esters is 1. The Kier molecular flexibility index (Phi) is 6.67. The van der Waals surface area contributed by atoms with Crippen LogP contribution in [0, 0.1) is 0 Å². The number of methoxy groups -OCH3 is 1. The van der Waals surface area contributed by atoms with Gasteiger partial charge in [0.15, 0.2) is 5.11 Å². The number of carbonyl (C=O) groups is 1. The van der Waals surface area contributed by atoms with Gasteiger partial charge in [-0.25, -0.2) is 4.79 Å². The third kappa shape index (κ3) is 4.35. The number of para-hydroxylation sites is 1. The van der Waals surface area contributed by atoms with Gasteiger partial charge in [-0.05, 0) is 49.0 Å². The molecule has 2 aromatic rings. The van der Waals surface area contributed by atoms with Crippen LogP contribution in [-0.2, 0) is 14.3 Å². The summed E-state index contributed by atoms with van der Waals surface area (Å²) in [5.74, 6) is -0.421. The molecule has 0 spiro atoms. The fourth-order valence-corrected chi connectivity index (χ4v) is 3.69. The van der Waals surface area contributed by atoms with Gasteiger partial charge >= 0.3 is 5.97 Å². The molecule has 0 saturated carbocycles. The van der Waals surface area contributed by atoms with Crippen molar-refractivity contribution in [3.63, 3.8) is 0 Å². The highest BCUT2D eigenvalue weighted by molar-refractivity contribution is 7.80. The molecule has 1 aliphatic heterocycles. The Balaban J connectivity index is 2.06. The molecule has 2 aromatic carbocycles. The molecule has 146 valence electrons. The predicted octanol–water partition coefficient (Wildman–Crippen LogP) is 4.24. The van der Waals surface area contributed by atoms with E-state index < -0.39 is 12.0 Å². The number of ether oxygens (including phenoxy) is 2. The lowest BCUT2D eigenvalue weighted by atomic mass is 9.95. The van der Waals surface area contributed by atoms with E-state index in [4.69, 9.17) is 33.3 Å². The topological polar surface area (TPSA) is 50.8 Å². The van der Waals surface area contributed by atoms with Crippen LogP contribution >= 0.6 is 23.8 Å². The number of nitrogens with zero attached hydrogens (tertiary/aromatic N) is 1. The molecule has 3 rings (SSSR count). The highest BCUT2D eigenvalue weighted by atomic mass is 35.5. The molecule has 28 heavy (non-hydrogen) atoms. The summed E-state index contributed by atoms with van der Waals surface area (Å²) in [6, 6.07) is 16.5. The molecule has 0 amide bonds. The first-order valence-electron chi connectivity index (χ1n) is 8.81. The summed E-state index contributed by atoms with van der Waals surface area (Å²) < 4.78 is 10.4. The van der Waals surface area contributed by atoms with E-state index >= 15 is 0 Å². The maximum absolute atomic E-state index is 13.0. The van der Waals surface area contributed by atoms with Crippen molar-refractivity contribution in [1.82, 2.24) is 5.32 Å². The average Bonchev–Trinajstić information content (AvgIpc) is 2.68. The number of nitrogens with one attached hydrogen (secondary N) is 1. The van der Waals surface area contributed by atoms with Gasteiger partial charge in [-0.15, -0.1) is 0 Å². The zero-order valence-corrected chi connectivity index (χ0v) is 17.2. The van der Waals surface area contributed by atoms with Gasteiger partial charge in [0.1, 0.15) is 6.61 Å². The van der Waals surface area contributed by atoms with Crippen molar-refractivity contribution in [2.75, 3.05) is 25.2 Å². The van der Waals surface area contributed by atoms with E-state index in [-0.39, 0.29) is 6.61 Å². The maximum atomic E-state index is 13.0. The number of carbonyl (C=O) groups excluding carboxylic acids is 1. The Labute approximate surface area is 174 Å². The van der Waals surface area contributed by atoms with Gasteiger partial charge in [0, 0.05) is 23.5 Å². The van der Waals surface area contributed by atoms with E-state index in [2.05, 4.69) is 5.32 Å². The summed E-state index contributed by atoms with van der Waals surface area (Å²) in [4.78, 5) is 14.8. The average molecular weight is 417 g/mol. The lowest BCUT2D eigenvalue weighted by molar-refractivity contribution is -0.140. The number of allylic oxidation sites excluding steroid dienone is 1. The van der Waals surface area contributed by atoms with Crippen molar-refractivity contribution in [3.8, 4) is 0 Å². The molecule has 1 heterocycles. The van der Waals surface area contributed by atoms with Gasteiger partial charge in [-0.1, -0.05) is 41.9 Å². The number of halogens is 1. The molecule has 0 aromatic heterocycles. The van der Waals surface area contributed by atoms with Crippen LogP contribution in [0.15, 0.2) is 65.9 Å². The number of benzene rings is 2. The predicted molar refractivity (Wildman–Crippen MR) is 114 cm³/mol. The Morgan fingerprint density at radius 3 is 2.61 bits per heavy atom. The number of hydrogen-bond donors (Lipinski definition) is 1. The van der Waals surface area contributed by atoms with Crippen molar-refractivity contribution in [2.24, 2.45) is 0 Å². The number of thiocarbonyl (C=S) groups is 1. The summed E-state index contributed by atoms with van der Waals surface area (Å²) in [6.07, 6.45) is 0. The fourth-order valence-electron chi connectivity index (χ4n) is 3.13. The summed E-state index contributed by atoms with van der Waals surface area (Å²) in [5, 5.41) is 4.35. The first kappa shape index (κ1) is 20.3. The Hall–Kier alpha value is -2.41. The van der Waals surface area contributed by atoms with E-state index in [0.717, 1.165) is 11.3 Å². The zero-order valence-electron chi connectivity index (χ0n) is 15.6. The fraction of sp³-hybridized carbons (Fsp3) is 0.238. The smallest absolute Gasteiger partial charge is 0.338 e. The molecule has 0 bridgehead atoms. The second kappa shape index (κ2) is 9.19. The van der Waals surface area contributed by atoms with E-state index in [9.17, 15) is 4.79 Å². The summed E-state index contributed by atoms with van der Waals surface area (Å²) in [7, 11) is 1.56. The minimum Gasteiger partial charge on any atom is -0.460 e. The van der Waals surface area contributed by atoms with Crippen molar-refractivity contribution in [2.45, 2.75) is 13.0 Å². The second-order valence-electron chi connectivity index (χ2n) is 6.24. The lowest BCUT2D eigenvalue weighted by Gasteiger charge is -2.37. The highest BCUT2D eigenvalue weighted by Gasteiger charge is 2.35. The third-order valence-corrected chi connectivity index (χ3v) is 4.96. The molecule has 7 heteroatoms. The molecule has 1 aliphatic rings. The van der Waals surface area contributed by atoms with Crippen molar-refractivity contribution in [3.05, 3.63) is 76.5 Å². The number of anilines is 1. The van der Waals surface area contributed by atoms with E-state index in [1.807, 2.05) is 60.4 Å². The second-order valence-corrected chi connectivity index (χ2v) is 7.06. The first-order chi connectivity index (χ1) is 13.5. The quantitative estimate of drug-likeness (QED) is 0.432. The number of hydrogen-bond acceptors (Lipinski definition) is 4. The Morgan fingerprint density at radius 1 is 1.18 bits per heavy atom. The van der Waals surface area contributed by atoms with Crippen LogP contribution in [0.2, 0.25) is 5.02 Å². The Morgan fingerprint density at radius 2 is 1.93 bits per heavy atom. The van der Waals surface area contributed by atoms with Gasteiger partial charge in [-0.2, -0.15) is 0 Å². The summed E-state index contributed by atoms with van der Waals surface area (Å²) in [5.41, 5.74) is 2.89. The molecule has 5 nitrogen and oxygen atoms in total. The largest absolute Gasteiger partial charge is 0.460 e. The number of rotatable bonds is 6. The van der Waals surface area contributed by atoms with Crippen molar-refractivity contribution < 1.29 is 14.3 Å². The van der Waals surface area contributed by atoms with Crippen LogP contribution < -0.4 is 10.2 Å². The zero-order chi connectivity index (χ0) is 20.1. The van der Waals surface area contributed by atoms with E-state index in [1.54, 1.807) is 13.2 Å². The maximum Gasteiger partial charge on any atom is 0.338 e. The van der Waals surface area contributed by atoms with Crippen LogP contribution in [0.4, 0.5) is 5.69 Å². The van der Waals surface area contributed by atoms with Gasteiger partial charge in [0.2, 0.25) is 0 Å². The van der Waals surface area contributed by atoms with Gasteiger partial charge < -0.3 is 14.8 Å². The van der Waals surface area contributed by atoms with E-state index in [1.165, 1.54) is 0 Å². The molecule has 0 aliphatic carbocycles. The standard InChI is InChI=1S/C21H21ClN2O3S/c1-14-18(20(25)27-12-11-26-2)19(15-7-6-8-16(22)13-15)23-21(28)24(14)17-9-4-3-5-10-17/h3-10,13,19H,11-12H2,1-2H3,(H,23,28). The third-order valence-electron chi connectivity index (χ3n) is 4.42. The summed E-state index contributed by atoms with van der Waals surface area (Å²) in [6.45, 7) is 2.36. The normalized spacial score (nSPS) is 16.8. The monoisotopic (exact) mass is 416 g/mol. The molecule has 0 radical (unpaired) electrons.